The fraction of sp³-hybridized carbons (Fsp3) is 0.250. The Kier molecular flexibility index (Phi) is 6.11. The van der Waals surface area contributed by atoms with Crippen molar-refractivity contribution in [2.75, 3.05) is 13.2 Å². The van der Waals surface area contributed by atoms with E-state index >= 15 is 0 Å². The number of aliphatic imine (C=N–C) groups is 1. The topological polar surface area (TPSA) is 99.7 Å². The van der Waals surface area contributed by atoms with E-state index in [1.807, 2.05) is 19.9 Å². The van der Waals surface area contributed by atoms with Gasteiger partial charge in [-0.2, -0.15) is 4.98 Å². The molecule has 8 nitrogen and oxygen atoms in total. The summed E-state index contributed by atoms with van der Waals surface area (Å²) in [5.74, 6) is 1.51. The van der Waals surface area contributed by atoms with Crippen LogP contribution in [0.25, 0.3) is 22.8 Å². The number of rotatable bonds is 7. The van der Waals surface area contributed by atoms with Crippen molar-refractivity contribution in [1.29, 1.82) is 0 Å². The van der Waals surface area contributed by atoms with E-state index in [1.165, 1.54) is 12.4 Å². The zero-order chi connectivity index (χ0) is 19.9. The standard InChI is InChI=1S/C20H20N4O4/c1-4-21-19(25)15-11-13(9-10-22-15)18-23-20(28-24-18)14-7-8-16(26-5-2)17(12-14)27-6-3/h4,7-12H,5-6H2,1-3H3. The zero-order valence-electron chi connectivity index (χ0n) is 15.9. The van der Waals surface area contributed by atoms with Gasteiger partial charge in [0.15, 0.2) is 11.5 Å². The second-order valence-electron chi connectivity index (χ2n) is 5.57. The fourth-order valence-electron chi connectivity index (χ4n) is 2.51. The minimum atomic E-state index is -0.430. The zero-order valence-corrected chi connectivity index (χ0v) is 15.9. The van der Waals surface area contributed by atoms with Crippen molar-refractivity contribution in [1.82, 2.24) is 15.1 Å². The van der Waals surface area contributed by atoms with Gasteiger partial charge in [-0.1, -0.05) is 5.16 Å². The third kappa shape index (κ3) is 4.22. The molecule has 144 valence electrons. The molecule has 0 aliphatic heterocycles. The molecule has 2 heterocycles. The van der Waals surface area contributed by atoms with E-state index in [0.29, 0.717) is 47.6 Å². The highest BCUT2D eigenvalue weighted by Crippen LogP contribution is 2.33. The minimum absolute atomic E-state index is 0.210. The Morgan fingerprint density at radius 3 is 2.64 bits per heavy atom. The maximum Gasteiger partial charge on any atom is 0.295 e. The number of amides is 1. The lowest BCUT2D eigenvalue weighted by Gasteiger charge is -2.11. The van der Waals surface area contributed by atoms with Gasteiger partial charge in [-0.25, -0.2) is 4.99 Å². The van der Waals surface area contributed by atoms with Gasteiger partial charge >= 0.3 is 0 Å². The summed E-state index contributed by atoms with van der Waals surface area (Å²) in [6.45, 7) is 6.52. The molecule has 0 unspecified atom stereocenters. The van der Waals surface area contributed by atoms with Crippen molar-refractivity contribution in [3.05, 3.63) is 42.2 Å². The van der Waals surface area contributed by atoms with Gasteiger partial charge in [0.2, 0.25) is 5.82 Å². The average Bonchev–Trinajstić information content (AvgIpc) is 3.20. The Morgan fingerprint density at radius 1 is 1.11 bits per heavy atom. The van der Waals surface area contributed by atoms with Gasteiger partial charge in [-0.15, -0.1) is 0 Å². The molecule has 0 N–H and O–H groups in total. The van der Waals surface area contributed by atoms with Crippen LogP contribution >= 0.6 is 0 Å². The number of nitrogens with zero attached hydrogens (tertiary/aromatic N) is 4. The van der Waals surface area contributed by atoms with E-state index in [4.69, 9.17) is 14.0 Å². The molecule has 1 aromatic carbocycles. The van der Waals surface area contributed by atoms with Crippen molar-refractivity contribution in [2.45, 2.75) is 20.8 Å². The van der Waals surface area contributed by atoms with Crippen LogP contribution in [0.2, 0.25) is 0 Å². The molecule has 0 saturated carbocycles. The van der Waals surface area contributed by atoms with Crippen LogP contribution in [-0.2, 0) is 0 Å². The van der Waals surface area contributed by atoms with Crippen LogP contribution in [0, 0.1) is 0 Å². The Bertz CT molecular complexity index is 997. The Balaban J connectivity index is 1.91. The van der Waals surface area contributed by atoms with Gasteiger partial charge in [-0.05, 0) is 51.1 Å². The first-order valence-corrected chi connectivity index (χ1v) is 8.89. The Labute approximate surface area is 162 Å². The first-order valence-electron chi connectivity index (χ1n) is 8.89. The predicted octanol–water partition coefficient (Wildman–Crippen LogP) is 3.83. The third-order valence-electron chi connectivity index (χ3n) is 3.70. The molecular formula is C20H20N4O4. The van der Waals surface area contributed by atoms with Crippen LogP contribution in [0.15, 0.2) is 46.0 Å². The SMILES string of the molecule is CC=NC(=O)c1cc(-c2noc(-c3ccc(OCC)c(OCC)c3)n2)ccn1. The van der Waals surface area contributed by atoms with Crippen molar-refractivity contribution in [3.8, 4) is 34.3 Å². The van der Waals surface area contributed by atoms with Gasteiger partial charge in [-0.3, -0.25) is 9.78 Å². The molecule has 8 heteroatoms. The van der Waals surface area contributed by atoms with E-state index < -0.39 is 5.91 Å². The van der Waals surface area contributed by atoms with Crippen molar-refractivity contribution < 1.29 is 18.8 Å². The Morgan fingerprint density at radius 2 is 1.89 bits per heavy atom. The first kappa shape index (κ1) is 19.2. The van der Waals surface area contributed by atoms with Crippen LogP contribution in [0.5, 0.6) is 11.5 Å². The van der Waals surface area contributed by atoms with Gasteiger partial charge in [0.1, 0.15) is 5.69 Å². The highest BCUT2D eigenvalue weighted by molar-refractivity contribution is 5.97. The molecule has 0 fully saturated rings. The lowest BCUT2D eigenvalue weighted by molar-refractivity contribution is 0.0998. The van der Waals surface area contributed by atoms with E-state index in [2.05, 4.69) is 20.1 Å². The van der Waals surface area contributed by atoms with Crippen LogP contribution in [0.3, 0.4) is 0 Å². The predicted molar refractivity (Wildman–Crippen MR) is 104 cm³/mol. The smallest absolute Gasteiger partial charge is 0.295 e. The summed E-state index contributed by atoms with van der Waals surface area (Å²) in [6.07, 6.45) is 2.93. The maximum absolute atomic E-state index is 11.9. The molecule has 2 aromatic heterocycles. The first-order chi connectivity index (χ1) is 13.7. The number of carbonyl (C=O) groups excluding carboxylic acids is 1. The van der Waals surface area contributed by atoms with Crippen LogP contribution in [-0.4, -0.2) is 40.5 Å². The molecule has 0 aliphatic rings. The second-order valence-corrected chi connectivity index (χ2v) is 5.57. The number of hydrogen-bond acceptors (Lipinski definition) is 7. The molecule has 0 radical (unpaired) electrons. The molecule has 0 atom stereocenters. The van der Waals surface area contributed by atoms with Gasteiger partial charge in [0.25, 0.3) is 11.8 Å². The maximum atomic E-state index is 11.9. The van der Waals surface area contributed by atoms with Crippen LogP contribution in [0.1, 0.15) is 31.3 Å². The number of hydrogen-bond donors (Lipinski definition) is 0. The van der Waals surface area contributed by atoms with Gasteiger partial charge < -0.3 is 14.0 Å². The van der Waals surface area contributed by atoms with Crippen molar-refractivity contribution in [3.63, 3.8) is 0 Å². The third-order valence-corrected chi connectivity index (χ3v) is 3.70. The molecule has 1 amide bonds. The summed E-state index contributed by atoms with van der Waals surface area (Å²) in [7, 11) is 0. The fourth-order valence-corrected chi connectivity index (χ4v) is 2.51. The second kappa shape index (κ2) is 8.90. The molecular weight excluding hydrogens is 360 g/mol. The molecule has 0 bridgehead atoms. The molecule has 3 aromatic rings. The highest BCUT2D eigenvalue weighted by Gasteiger charge is 2.15. The number of ether oxygens (including phenoxy) is 2. The molecule has 3 rings (SSSR count). The number of aromatic nitrogens is 3. The quantitative estimate of drug-likeness (QED) is 0.574. The monoisotopic (exact) mass is 380 g/mol. The lowest BCUT2D eigenvalue weighted by Crippen LogP contribution is -1.99. The number of carbonyl (C=O) groups is 1. The summed E-state index contributed by atoms with van der Waals surface area (Å²) in [5, 5.41) is 4.01. The van der Waals surface area contributed by atoms with Crippen molar-refractivity contribution in [2.24, 2.45) is 4.99 Å². The van der Waals surface area contributed by atoms with E-state index in [0.717, 1.165) is 0 Å². The molecule has 0 saturated heterocycles. The van der Waals surface area contributed by atoms with Crippen LogP contribution < -0.4 is 9.47 Å². The summed E-state index contributed by atoms with van der Waals surface area (Å²) in [5.41, 5.74) is 1.52. The summed E-state index contributed by atoms with van der Waals surface area (Å²) in [6, 6.07) is 8.70. The van der Waals surface area contributed by atoms with Crippen LogP contribution in [0.4, 0.5) is 0 Å². The summed E-state index contributed by atoms with van der Waals surface area (Å²) >= 11 is 0. The number of benzene rings is 1. The Hall–Kier alpha value is -3.55. The summed E-state index contributed by atoms with van der Waals surface area (Å²) < 4.78 is 16.6. The minimum Gasteiger partial charge on any atom is -0.490 e. The van der Waals surface area contributed by atoms with E-state index in [9.17, 15) is 4.79 Å². The van der Waals surface area contributed by atoms with Gasteiger partial charge in [0, 0.05) is 23.5 Å². The molecule has 0 aliphatic carbocycles. The molecule has 0 spiro atoms. The van der Waals surface area contributed by atoms with E-state index in [1.54, 1.807) is 31.2 Å². The van der Waals surface area contributed by atoms with E-state index in [-0.39, 0.29) is 5.69 Å². The number of pyridine rings is 1. The normalized spacial score (nSPS) is 11.0. The summed E-state index contributed by atoms with van der Waals surface area (Å²) in [4.78, 5) is 24.1. The average molecular weight is 380 g/mol. The van der Waals surface area contributed by atoms with Crippen molar-refractivity contribution >= 4 is 12.1 Å². The highest BCUT2D eigenvalue weighted by atomic mass is 16.5. The lowest BCUT2D eigenvalue weighted by atomic mass is 10.2. The largest absolute Gasteiger partial charge is 0.490 e. The molecule has 28 heavy (non-hydrogen) atoms. The van der Waals surface area contributed by atoms with Gasteiger partial charge in [0.05, 0.1) is 13.2 Å².